The van der Waals surface area contributed by atoms with E-state index in [4.69, 9.17) is 5.73 Å². The second-order valence-electron chi connectivity index (χ2n) is 3.92. The third kappa shape index (κ3) is 2.50. The number of nitrogens with one attached hydrogen (secondary N) is 1. The van der Waals surface area contributed by atoms with Crippen LogP contribution < -0.4 is 10.5 Å². The lowest BCUT2D eigenvalue weighted by molar-refractivity contribution is 0.571. The largest absolute Gasteiger partial charge is 0.374 e. The minimum atomic E-state index is -3.51. The molecule has 1 aromatic heterocycles. The SMILES string of the molecule is CCCC1CC1NS(=O)(=O)c1nnc(N)s1. The van der Waals surface area contributed by atoms with Crippen LogP contribution in [0.5, 0.6) is 0 Å². The molecule has 1 saturated carbocycles. The van der Waals surface area contributed by atoms with Gasteiger partial charge in [0, 0.05) is 6.04 Å². The molecule has 0 amide bonds. The first-order valence-electron chi connectivity index (χ1n) is 5.14. The molecule has 0 bridgehead atoms. The highest BCUT2D eigenvalue weighted by molar-refractivity contribution is 7.91. The van der Waals surface area contributed by atoms with Crippen molar-refractivity contribution in [2.45, 2.75) is 36.6 Å². The van der Waals surface area contributed by atoms with Gasteiger partial charge in [0.1, 0.15) is 0 Å². The van der Waals surface area contributed by atoms with E-state index < -0.39 is 10.0 Å². The molecule has 0 aromatic carbocycles. The van der Waals surface area contributed by atoms with Gasteiger partial charge in [-0.2, -0.15) is 0 Å². The van der Waals surface area contributed by atoms with E-state index in [9.17, 15) is 8.42 Å². The summed E-state index contributed by atoms with van der Waals surface area (Å²) in [4.78, 5) is 0. The summed E-state index contributed by atoms with van der Waals surface area (Å²) in [5.41, 5.74) is 5.35. The Kier molecular flexibility index (Phi) is 3.13. The molecule has 1 fully saturated rings. The average molecular weight is 262 g/mol. The summed E-state index contributed by atoms with van der Waals surface area (Å²) >= 11 is 0.884. The number of aromatic nitrogens is 2. The van der Waals surface area contributed by atoms with Gasteiger partial charge in [0.25, 0.3) is 10.0 Å². The number of hydrogen-bond donors (Lipinski definition) is 2. The van der Waals surface area contributed by atoms with Gasteiger partial charge in [-0.1, -0.05) is 24.7 Å². The number of rotatable bonds is 5. The zero-order chi connectivity index (χ0) is 11.8. The van der Waals surface area contributed by atoms with E-state index >= 15 is 0 Å². The van der Waals surface area contributed by atoms with E-state index in [1.54, 1.807) is 0 Å². The monoisotopic (exact) mass is 262 g/mol. The topological polar surface area (TPSA) is 98.0 Å². The predicted molar refractivity (Wildman–Crippen MR) is 61.4 cm³/mol. The molecule has 1 heterocycles. The molecule has 1 aromatic rings. The summed E-state index contributed by atoms with van der Waals surface area (Å²) in [5.74, 6) is 0.477. The van der Waals surface area contributed by atoms with Crippen molar-refractivity contribution in [2.24, 2.45) is 5.92 Å². The van der Waals surface area contributed by atoms with E-state index in [1.807, 2.05) is 0 Å². The van der Waals surface area contributed by atoms with E-state index in [-0.39, 0.29) is 15.5 Å². The summed E-state index contributed by atoms with van der Waals surface area (Å²) in [6.45, 7) is 2.09. The molecule has 2 rings (SSSR count). The maximum absolute atomic E-state index is 11.8. The minimum absolute atomic E-state index is 0.0489. The first kappa shape index (κ1) is 11.7. The summed E-state index contributed by atoms with van der Waals surface area (Å²) in [6.07, 6.45) is 3.06. The lowest BCUT2D eigenvalue weighted by atomic mass is 10.2. The van der Waals surface area contributed by atoms with Crippen molar-refractivity contribution in [2.75, 3.05) is 5.73 Å². The Morgan fingerprint density at radius 2 is 2.31 bits per heavy atom. The molecular weight excluding hydrogens is 248 g/mol. The smallest absolute Gasteiger partial charge is 0.270 e. The molecule has 6 nitrogen and oxygen atoms in total. The van der Waals surface area contributed by atoms with Gasteiger partial charge in [-0.3, -0.25) is 0 Å². The highest BCUT2D eigenvalue weighted by Crippen LogP contribution is 2.35. The quantitative estimate of drug-likeness (QED) is 0.809. The Balaban J connectivity index is 2.00. The van der Waals surface area contributed by atoms with Crippen molar-refractivity contribution in [3.8, 4) is 0 Å². The Labute approximate surface area is 98.3 Å². The molecule has 2 unspecified atom stereocenters. The Morgan fingerprint density at radius 1 is 1.56 bits per heavy atom. The van der Waals surface area contributed by atoms with Gasteiger partial charge < -0.3 is 5.73 Å². The van der Waals surface area contributed by atoms with Gasteiger partial charge in [0.05, 0.1) is 0 Å². The van der Waals surface area contributed by atoms with E-state index in [0.717, 1.165) is 30.6 Å². The van der Waals surface area contributed by atoms with Gasteiger partial charge in [-0.15, -0.1) is 10.2 Å². The number of nitrogen functional groups attached to an aromatic ring is 1. The van der Waals surface area contributed by atoms with E-state index in [1.165, 1.54) is 0 Å². The summed E-state index contributed by atoms with van der Waals surface area (Å²) in [7, 11) is -3.51. The lowest BCUT2D eigenvalue weighted by Gasteiger charge is -2.01. The zero-order valence-electron chi connectivity index (χ0n) is 8.88. The van der Waals surface area contributed by atoms with Crippen LogP contribution in [-0.4, -0.2) is 24.7 Å². The van der Waals surface area contributed by atoms with Crippen LogP contribution in [0, 0.1) is 5.92 Å². The van der Waals surface area contributed by atoms with Crippen LogP contribution in [0.25, 0.3) is 0 Å². The van der Waals surface area contributed by atoms with Crippen molar-refractivity contribution < 1.29 is 8.42 Å². The number of hydrogen-bond acceptors (Lipinski definition) is 6. The Morgan fingerprint density at radius 3 is 2.88 bits per heavy atom. The van der Waals surface area contributed by atoms with Gasteiger partial charge in [-0.05, 0) is 18.8 Å². The highest BCUT2D eigenvalue weighted by atomic mass is 32.2. The van der Waals surface area contributed by atoms with Gasteiger partial charge >= 0.3 is 0 Å². The van der Waals surface area contributed by atoms with Crippen molar-refractivity contribution in [1.82, 2.24) is 14.9 Å². The standard InChI is InChI=1S/C8H14N4O2S2/c1-2-3-5-4-6(5)12-16(13,14)8-11-10-7(9)15-8/h5-6,12H,2-4H2,1H3,(H2,9,10). The van der Waals surface area contributed by atoms with Gasteiger partial charge in [0.15, 0.2) is 0 Å². The van der Waals surface area contributed by atoms with Crippen molar-refractivity contribution in [3.63, 3.8) is 0 Å². The summed E-state index contributed by atoms with van der Waals surface area (Å²) in [6, 6.07) is 0.0649. The first-order chi connectivity index (χ1) is 7.53. The second-order valence-corrected chi connectivity index (χ2v) is 6.82. The molecule has 2 atom stereocenters. The third-order valence-corrected chi connectivity index (χ3v) is 5.15. The molecule has 90 valence electrons. The van der Waals surface area contributed by atoms with Crippen LogP contribution >= 0.6 is 11.3 Å². The number of nitrogens with two attached hydrogens (primary N) is 1. The van der Waals surface area contributed by atoms with Crippen LogP contribution in [0.3, 0.4) is 0 Å². The minimum Gasteiger partial charge on any atom is -0.374 e. The third-order valence-electron chi connectivity index (χ3n) is 2.54. The normalized spacial score (nSPS) is 24.6. The molecular formula is C8H14N4O2S2. The van der Waals surface area contributed by atoms with Crippen LogP contribution in [-0.2, 0) is 10.0 Å². The molecule has 3 N–H and O–H groups in total. The fourth-order valence-electron chi connectivity index (χ4n) is 1.66. The first-order valence-corrected chi connectivity index (χ1v) is 7.44. The van der Waals surface area contributed by atoms with Crippen LogP contribution in [0.1, 0.15) is 26.2 Å². The molecule has 0 saturated heterocycles. The average Bonchev–Trinajstić information content (AvgIpc) is 2.75. The molecule has 1 aliphatic rings. The molecule has 16 heavy (non-hydrogen) atoms. The van der Waals surface area contributed by atoms with Gasteiger partial charge in [-0.25, -0.2) is 13.1 Å². The Hall–Kier alpha value is -0.730. The Bertz CT molecular complexity index is 470. The predicted octanol–water partition coefficient (Wildman–Crippen LogP) is 0.587. The fourth-order valence-corrected chi connectivity index (χ4v) is 3.78. The van der Waals surface area contributed by atoms with Crippen molar-refractivity contribution >= 4 is 26.5 Å². The highest BCUT2D eigenvalue weighted by Gasteiger charge is 2.40. The van der Waals surface area contributed by atoms with E-state index in [0.29, 0.717) is 5.92 Å². The van der Waals surface area contributed by atoms with Crippen molar-refractivity contribution in [3.05, 3.63) is 0 Å². The molecule has 0 radical (unpaired) electrons. The number of sulfonamides is 1. The molecule has 0 aliphatic heterocycles. The van der Waals surface area contributed by atoms with Gasteiger partial charge in [0.2, 0.25) is 9.47 Å². The second kappa shape index (κ2) is 4.27. The fraction of sp³-hybridized carbons (Fsp3) is 0.750. The number of anilines is 1. The maximum Gasteiger partial charge on any atom is 0.270 e. The zero-order valence-corrected chi connectivity index (χ0v) is 10.5. The van der Waals surface area contributed by atoms with Crippen molar-refractivity contribution in [1.29, 1.82) is 0 Å². The summed E-state index contributed by atoms with van der Waals surface area (Å²) in [5, 5.41) is 7.19. The number of nitrogens with zero attached hydrogens (tertiary/aromatic N) is 2. The lowest BCUT2D eigenvalue weighted by Crippen LogP contribution is -2.27. The summed E-state index contributed by atoms with van der Waals surface area (Å²) < 4.78 is 26.1. The molecule has 1 aliphatic carbocycles. The van der Waals surface area contributed by atoms with Crippen LogP contribution in [0.2, 0.25) is 0 Å². The molecule has 0 spiro atoms. The maximum atomic E-state index is 11.8. The van der Waals surface area contributed by atoms with E-state index in [2.05, 4.69) is 21.8 Å². The van der Waals surface area contributed by atoms with Crippen LogP contribution in [0.4, 0.5) is 5.13 Å². The van der Waals surface area contributed by atoms with Crippen LogP contribution in [0.15, 0.2) is 4.34 Å². The molecule has 8 heteroatoms.